The molecule has 0 aromatic heterocycles. The van der Waals surface area contributed by atoms with E-state index in [-0.39, 0.29) is 0 Å². The summed E-state index contributed by atoms with van der Waals surface area (Å²) < 4.78 is 12.1. The van der Waals surface area contributed by atoms with E-state index in [0.29, 0.717) is 6.61 Å². The lowest BCUT2D eigenvalue weighted by molar-refractivity contribution is 0.311. The Morgan fingerprint density at radius 1 is 0.773 bits per heavy atom. The predicted molar refractivity (Wildman–Crippen MR) is 93.0 cm³/mol. The molecule has 0 N–H and O–H groups in total. The summed E-state index contributed by atoms with van der Waals surface area (Å²) in [5, 5.41) is 4.60. The molecule has 0 aliphatic carbocycles. The van der Waals surface area contributed by atoms with Crippen molar-refractivity contribution in [2.24, 2.45) is 0 Å². The van der Waals surface area contributed by atoms with Crippen LogP contribution in [0.4, 0.5) is 0 Å². The van der Waals surface area contributed by atoms with Crippen LogP contribution in [0.2, 0.25) is 0 Å². The number of benzene rings is 3. The molecular weight excluding hydrogens is 272 g/mol. The van der Waals surface area contributed by atoms with Crippen molar-refractivity contribution in [3.63, 3.8) is 0 Å². The molecule has 3 aromatic rings. The molecule has 0 saturated carbocycles. The summed E-state index contributed by atoms with van der Waals surface area (Å²) in [6.45, 7) is 5.68. The van der Waals surface area contributed by atoms with Gasteiger partial charge in [-0.2, -0.15) is 0 Å². The minimum atomic E-state index is 0.714. The van der Waals surface area contributed by atoms with Gasteiger partial charge in [-0.05, 0) is 35.7 Å². The molecule has 0 unspecified atom stereocenters. The minimum Gasteiger partial charge on any atom is -0.493 e. The molecule has 114 valence electrons. The Morgan fingerprint density at radius 2 is 1.50 bits per heavy atom. The smallest absolute Gasteiger partial charge is 0.138 e. The molecule has 3 rings (SSSR count). The number of rotatable bonds is 6. The second kappa shape index (κ2) is 6.69. The highest BCUT2D eigenvalue weighted by atomic mass is 16.5. The van der Waals surface area contributed by atoms with Crippen LogP contribution in [0.15, 0.2) is 48.5 Å². The summed E-state index contributed by atoms with van der Waals surface area (Å²) in [6, 6.07) is 16.8. The Morgan fingerprint density at radius 3 is 2.32 bits per heavy atom. The molecule has 0 radical (unpaired) electrons. The fraction of sp³-hybridized carbons (Fsp3) is 0.300. The topological polar surface area (TPSA) is 18.5 Å². The summed E-state index contributed by atoms with van der Waals surface area (Å²) in [4.78, 5) is 0. The number of fused-ring (bicyclic) bond motifs is 2. The van der Waals surface area contributed by atoms with Crippen molar-refractivity contribution in [3.8, 4) is 11.5 Å². The first-order valence-corrected chi connectivity index (χ1v) is 8.05. The quantitative estimate of drug-likeness (QED) is 0.553. The maximum Gasteiger partial charge on any atom is 0.138 e. The van der Waals surface area contributed by atoms with E-state index in [0.717, 1.165) is 41.7 Å². The third kappa shape index (κ3) is 2.74. The van der Waals surface area contributed by atoms with Gasteiger partial charge in [-0.3, -0.25) is 0 Å². The maximum absolute atomic E-state index is 6.12. The van der Waals surface area contributed by atoms with Gasteiger partial charge in [-0.25, -0.2) is 0 Å². The van der Waals surface area contributed by atoms with Gasteiger partial charge in [-0.15, -0.1) is 0 Å². The van der Waals surface area contributed by atoms with Gasteiger partial charge >= 0.3 is 0 Å². The van der Waals surface area contributed by atoms with E-state index < -0.39 is 0 Å². The Balaban J connectivity index is 2.27. The fourth-order valence-corrected chi connectivity index (χ4v) is 2.73. The van der Waals surface area contributed by atoms with Gasteiger partial charge in [0.25, 0.3) is 0 Å². The lowest BCUT2D eigenvalue weighted by Crippen LogP contribution is -2.00. The number of hydrogen-bond donors (Lipinski definition) is 0. The molecule has 0 fully saturated rings. The highest BCUT2D eigenvalue weighted by Crippen LogP contribution is 2.40. The second-order valence-corrected chi connectivity index (χ2v) is 5.48. The second-order valence-electron chi connectivity index (χ2n) is 5.48. The van der Waals surface area contributed by atoms with Crippen molar-refractivity contribution >= 4 is 21.5 Å². The van der Waals surface area contributed by atoms with Crippen LogP contribution in [-0.2, 0) is 0 Å². The summed E-state index contributed by atoms with van der Waals surface area (Å²) in [7, 11) is 0. The molecule has 3 aromatic carbocycles. The van der Waals surface area contributed by atoms with Crippen LogP contribution in [0.5, 0.6) is 11.5 Å². The van der Waals surface area contributed by atoms with Crippen LogP contribution >= 0.6 is 0 Å². The normalized spacial score (nSPS) is 11.0. The van der Waals surface area contributed by atoms with Crippen molar-refractivity contribution in [3.05, 3.63) is 48.5 Å². The van der Waals surface area contributed by atoms with Gasteiger partial charge in [0.15, 0.2) is 0 Å². The van der Waals surface area contributed by atoms with Crippen LogP contribution in [0, 0.1) is 0 Å². The van der Waals surface area contributed by atoms with Crippen LogP contribution < -0.4 is 9.47 Å². The zero-order chi connectivity index (χ0) is 15.4. The van der Waals surface area contributed by atoms with Gasteiger partial charge in [-0.1, -0.05) is 50.2 Å². The number of ether oxygens (including phenoxy) is 2. The van der Waals surface area contributed by atoms with Crippen molar-refractivity contribution in [2.75, 3.05) is 13.2 Å². The van der Waals surface area contributed by atoms with Crippen molar-refractivity contribution < 1.29 is 9.47 Å². The monoisotopic (exact) mass is 294 g/mol. The minimum absolute atomic E-state index is 0.714. The summed E-state index contributed by atoms with van der Waals surface area (Å²) in [6.07, 6.45) is 1.98. The molecule has 0 atom stereocenters. The predicted octanol–water partition coefficient (Wildman–Crippen LogP) is 5.57. The van der Waals surface area contributed by atoms with Gasteiger partial charge < -0.3 is 9.47 Å². The Kier molecular flexibility index (Phi) is 4.47. The molecule has 22 heavy (non-hydrogen) atoms. The van der Waals surface area contributed by atoms with Crippen LogP contribution in [0.3, 0.4) is 0 Å². The highest BCUT2D eigenvalue weighted by Gasteiger charge is 2.13. The van der Waals surface area contributed by atoms with Gasteiger partial charge in [0.1, 0.15) is 11.5 Å². The van der Waals surface area contributed by atoms with Crippen molar-refractivity contribution in [1.82, 2.24) is 0 Å². The molecule has 0 bridgehead atoms. The lowest BCUT2D eigenvalue weighted by atomic mass is 10.0. The van der Waals surface area contributed by atoms with Crippen molar-refractivity contribution in [1.29, 1.82) is 0 Å². The van der Waals surface area contributed by atoms with Crippen LogP contribution in [0.25, 0.3) is 21.5 Å². The van der Waals surface area contributed by atoms with Crippen LogP contribution in [0.1, 0.15) is 26.7 Å². The first-order chi connectivity index (χ1) is 10.8. The molecule has 0 spiro atoms. The summed E-state index contributed by atoms with van der Waals surface area (Å²) >= 11 is 0. The van der Waals surface area contributed by atoms with E-state index >= 15 is 0 Å². The number of hydrogen-bond acceptors (Lipinski definition) is 2. The van der Waals surface area contributed by atoms with E-state index in [9.17, 15) is 0 Å². The summed E-state index contributed by atoms with van der Waals surface area (Å²) in [5.41, 5.74) is 0. The molecule has 0 aliphatic heterocycles. The Hall–Kier alpha value is -2.22. The van der Waals surface area contributed by atoms with E-state index in [1.54, 1.807) is 0 Å². The van der Waals surface area contributed by atoms with E-state index in [2.05, 4.69) is 50.2 Å². The zero-order valence-electron chi connectivity index (χ0n) is 13.3. The standard InChI is InChI=1S/C20H22O2/c1-3-12-21-18-11-7-9-16-14-15-8-5-6-10-17(15)20(19(16)18)22-13-4-2/h5-11,14H,3-4,12-13H2,1-2H3. The van der Waals surface area contributed by atoms with Gasteiger partial charge in [0.05, 0.1) is 18.6 Å². The van der Waals surface area contributed by atoms with Crippen LogP contribution in [-0.4, -0.2) is 13.2 Å². The largest absolute Gasteiger partial charge is 0.493 e. The van der Waals surface area contributed by atoms with E-state index in [1.807, 2.05) is 12.1 Å². The van der Waals surface area contributed by atoms with Gasteiger partial charge in [0, 0.05) is 5.39 Å². The molecule has 2 nitrogen and oxygen atoms in total. The molecule has 0 saturated heterocycles. The first kappa shape index (κ1) is 14.7. The lowest BCUT2D eigenvalue weighted by Gasteiger charge is -2.16. The first-order valence-electron chi connectivity index (χ1n) is 8.05. The van der Waals surface area contributed by atoms with E-state index in [4.69, 9.17) is 9.47 Å². The third-order valence-electron chi connectivity index (χ3n) is 3.71. The molecule has 0 amide bonds. The van der Waals surface area contributed by atoms with E-state index in [1.165, 1.54) is 10.8 Å². The molecule has 2 heteroatoms. The zero-order valence-corrected chi connectivity index (χ0v) is 13.3. The SMILES string of the molecule is CCCOc1cccc2cc3ccccc3c(OCCC)c12. The average molecular weight is 294 g/mol. The van der Waals surface area contributed by atoms with Crippen molar-refractivity contribution in [2.45, 2.75) is 26.7 Å². The maximum atomic E-state index is 6.12. The Labute approximate surface area is 131 Å². The van der Waals surface area contributed by atoms with Gasteiger partial charge in [0.2, 0.25) is 0 Å². The highest BCUT2D eigenvalue weighted by molar-refractivity contribution is 6.07. The molecule has 0 heterocycles. The fourth-order valence-electron chi connectivity index (χ4n) is 2.73. The molecule has 0 aliphatic rings. The Bertz CT molecular complexity index is 777. The molecular formula is C20H22O2. The summed E-state index contributed by atoms with van der Waals surface area (Å²) in [5.74, 6) is 1.86. The average Bonchev–Trinajstić information content (AvgIpc) is 2.56. The third-order valence-corrected chi connectivity index (χ3v) is 3.71.